The van der Waals surface area contributed by atoms with Gasteiger partial charge in [-0.1, -0.05) is 6.07 Å². The number of methoxy groups -OCH3 is 1. The van der Waals surface area contributed by atoms with Gasteiger partial charge >= 0.3 is 6.03 Å². The number of anilines is 1. The number of imide groups is 1. The third-order valence-corrected chi connectivity index (χ3v) is 3.50. The van der Waals surface area contributed by atoms with Gasteiger partial charge in [-0.2, -0.15) is 0 Å². The predicted molar refractivity (Wildman–Crippen MR) is 69.2 cm³/mol. The lowest BCUT2D eigenvalue weighted by molar-refractivity contribution is -0.119. The van der Waals surface area contributed by atoms with Crippen molar-refractivity contribution in [3.05, 3.63) is 24.3 Å². The second-order valence-corrected chi connectivity index (χ2v) is 4.57. The van der Waals surface area contributed by atoms with Crippen LogP contribution in [0.3, 0.4) is 0 Å². The Kier molecular flexibility index (Phi) is 2.87. The van der Waals surface area contributed by atoms with E-state index in [4.69, 9.17) is 4.74 Å². The molecule has 0 aromatic heterocycles. The van der Waals surface area contributed by atoms with Crippen molar-refractivity contribution in [3.63, 3.8) is 0 Å². The van der Waals surface area contributed by atoms with E-state index < -0.39 is 0 Å². The number of carbonyl (C=O) groups is 2. The Hall–Kier alpha value is -2.08. The van der Waals surface area contributed by atoms with Crippen LogP contribution in [0.4, 0.5) is 10.5 Å². The van der Waals surface area contributed by atoms with E-state index in [-0.39, 0.29) is 18.0 Å². The van der Waals surface area contributed by atoms with Crippen molar-refractivity contribution >= 4 is 17.6 Å². The van der Waals surface area contributed by atoms with Gasteiger partial charge in [-0.3, -0.25) is 4.79 Å². The van der Waals surface area contributed by atoms with Gasteiger partial charge in [0.2, 0.25) is 0 Å². The molecule has 1 aromatic carbocycles. The van der Waals surface area contributed by atoms with E-state index >= 15 is 0 Å². The maximum atomic E-state index is 12.3. The number of hydrogen-bond donors (Lipinski definition) is 1. The first kappa shape index (κ1) is 12.0. The number of carbonyl (C=O) groups excluding carboxylic acids is 2. The average molecular weight is 261 g/mol. The SMILES string of the molecule is COc1cccc(N2C(=O)C3CNCCN3C2=O)c1. The van der Waals surface area contributed by atoms with E-state index in [9.17, 15) is 9.59 Å². The summed E-state index contributed by atoms with van der Waals surface area (Å²) < 4.78 is 5.13. The molecule has 2 aliphatic rings. The highest BCUT2D eigenvalue weighted by Gasteiger charge is 2.46. The van der Waals surface area contributed by atoms with Crippen molar-refractivity contribution in [1.29, 1.82) is 0 Å². The minimum atomic E-state index is -0.382. The summed E-state index contributed by atoms with van der Waals surface area (Å²) in [5, 5.41) is 3.14. The van der Waals surface area contributed by atoms with Gasteiger partial charge in [-0.05, 0) is 12.1 Å². The summed E-state index contributed by atoms with van der Waals surface area (Å²) >= 11 is 0. The molecule has 2 heterocycles. The summed E-state index contributed by atoms with van der Waals surface area (Å²) in [7, 11) is 1.56. The highest BCUT2D eigenvalue weighted by molar-refractivity contribution is 6.21. The summed E-state index contributed by atoms with van der Waals surface area (Å²) in [6, 6.07) is 6.36. The first-order valence-corrected chi connectivity index (χ1v) is 6.21. The molecule has 19 heavy (non-hydrogen) atoms. The number of benzene rings is 1. The molecule has 1 aromatic rings. The molecule has 1 unspecified atom stereocenters. The van der Waals surface area contributed by atoms with Gasteiger partial charge < -0.3 is 15.0 Å². The summed E-state index contributed by atoms with van der Waals surface area (Å²) in [4.78, 5) is 27.5. The lowest BCUT2D eigenvalue weighted by atomic mass is 10.2. The number of urea groups is 1. The molecular formula is C13H15N3O3. The van der Waals surface area contributed by atoms with Crippen LogP contribution >= 0.6 is 0 Å². The third-order valence-electron chi connectivity index (χ3n) is 3.50. The van der Waals surface area contributed by atoms with Crippen molar-refractivity contribution in [3.8, 4) is 5.75 Å². The van der Waals surface area contributed by atoms with E-state index in [1.165, 1.54) is 4.90 Å². The third kappa shape index (κ3) is 1.84. The minimum Gasteiger partial charge on any atom is -0.497 e. The average Bonchev–Trinajstić information content (AvgIpc) is 2.72. The maximum Gasteiger partial charge on any atom is 0.332 e. The Morgan fingerprint density at radius 3 is 2.95 bits per heavy atom. The monoisotopic (exact) mass is 261 g/mol. The predicted octanol–water partition coefficient (Wildman–Crippen LogP) is 0.436. The second kappa shape index (κ2) is 4.55. The number of nitrogens with one attached hydrogen (secondary N) is 1. The molecule has 3 amide bonds. The molecule has 0 bridgehead atoms. The molecule has 0 saturated carbocycles. The van der Waals surface area contributed by atoms with Gasteiger partial charge in [0.05, 0.1) is 12.8 Å². The molecule has 2 aliphatic heterocycles. The van der Waals surface area contributed by atoms with Crippen LogP contribution in [0.15, 0.2) is 24.3 Å². The Balaban J connectivity index is 1.95. The molecule has 1 atom stereocenters. The van der Waals surface area contributed by atoms with Gasteiger partial charge in [0.15, 0.2) is 0 Å². The molecule has 2 saturated heterocycles. The Morgan fingerprint density at radius 2 is 2.21 bits per heavy atom. The van der Waals surface area contributed by atoms with E-state index in [1.54, 1.807) is 36.3 Å². The molecule has 6 nitrogen and oxygen atoms in total. The Morgan fingerprint density at radius 1 is 1.37 bits per heavy atom. The largest absolute Gasteiger partial charge is 0.497 e. The van der Waals surface area contributed by atoms with Crippen molar-refractivity contribution in [2.75, 3.05) is 31.6 Å². The molecule has 0 aliphatic carbocycles. The van der Waals surface area contributed by atoms with Crippen LogP contribution in [0.1, 0.15) is 0 Å². The molecule has 100 valence electrons. The molecular weight excluding hydrogens is 246 g/mol. The van der Waals surface area contributed by atoms with Gasteiger partial charge in [0.25, 0.3) is 5.91 Å². The van der Waals surface area contributed by atoms with Gasteiger partial charge in [0, 0.05) is 25.7 Å². The second-order valence-electron chi connectivity index (χ2n) is 4.57. The summed E-state index contributed by atoms with van der Waals surface area (Å²) in [6.07, 6.45) is 0. The summed E-state index contributed by atoms with van der Waals surface area (Å²) in [6.45, 7) is 1.81. The first-order chi connectivity index (χ1) is 9.22. The fourth-order valence-corrected chi connectivity index (χ4v) is 2.51. The molecule has 0 radical (unpaired) electrons. The zero-order valence-electron chi connectivity index (χ0n) is 10.6. The highest BCUT2D eigenvalue weighted by atomic mass is 16.5. The molecule has 6 heteroatoms. The van der Waals surface area contributed by atoms with Gasteiger partial charge in [-0.25, -0.2) is 9.69 Å². The van der Waals surface area contributed by atoms with E-state index in [1.807, 2.05) is 0 Å². The Bertz CT molecular complexity index is 508. The normalized spacial score (nSPS) is 22.7. The van der Waals surface area contributed by atoms with Crippen LogP contribution < -0.4 is 15.0 Å². The van der Waals surface area contributed by atoms with Crippen molar-refractivity contribution < 1.29 is 14.3 Å². The van der Waals surface area contributed by atoms with Crippen LogP contribution in [0.2, 0.25) is 0 Å². The van der Waals surface area contributed by atoms with E-state index in [0.717, 1.165) is 6.54 Å². The van der Waals surface area contributed by atoms with Crippen LogP contribution in [-0.2, 0) is 4.79 Å². The number of fused-ring (bicyclic) bond motifs is 1. The van der Waals surface area contributed by atoms with Crippen molar-refractivity contribution in [1.82, 2.24) is 10.2 Å². The fraction of sp³-hybridized carbons (Fsp3) is 0.385. The topological polar surface area (TPSA) is 61.9 Å². The van der Waals surface area contributed by atoms with Gasteiger partial charge in [-0.15, -0.1) is 0 Å². The first-order valence-electron chi connectivity index (χ1n) is 6.21. The molecule has 0 spiro atoms. The lowest BCUT2D eigenvalue weighted by Crippen LogP contribution is -2.51. The van der Waals surface area contributed by atoms with Crippen LogP contribution in [0.25, 0.3) is 0 Å². The summed E-state index contributed by atoms with van der Waals surface area (Å²) in [5.41, 5.74) is 0.559. The van der Waals surface area contributed by atoms with E-state index in [0.29, 0.717) is 24.5 Å². The highest BCUT2D eigenvalue weighted by Crippen LogP contribution is 2.28. The number of hydrogen-bond acceptors (Lipinski definition) is 4. The zero-order chi connectivity index (χ0) is 13.4. The zero-order valence-corrected chi connectivity index (χ0v) is 10.6. The Labute approximate surface area is 110 Å². The van der Waals surface area contributed by atoms with E-state index in [2.05, 4.69) is 5.32 Å². The van der Waals surface area contributed by atoms with Gasteiger partial charge in [0.1, 0.15) is 11.8 Å². The maximum absolute atomic E-state index is 12.3. The fourth-order valence-electron chi connectivity index (χ4n) is 2.51. The number of rotatable bonds is 2. The smallest absolute Gasteiger partial charge is 0.332 e. The minimum absolute atomic E-state index is 0.176. The van der Waals surface area contributed by atoms with Crippen LogP contribution in [-0.4, -0.2) is 49.6 Å². The quantitative estimate of drug-likeness (QED) is 0.785. The number of nitrogens with zero attached hydrogens (tertiary/aromatic N) is 2. The van der Waals surface area contributed by atoms with Crippen molar-refractivity contribution in [2.45, 2.75) is 6.04 Å². The molecule has 2 fully saturated rings. The number of amides is 3. The van der Waals surface area contributed by atoms with Crippen LogP contribution in [0, 0.1) is 0 Å². The van der Waals surface area contributed by atoms with Crippen molar-refractivity contribution in [2.24, 2.45) is 0 Å². The lowest BCUT2D eigenvalue weighted by Gasteiger charge is -2.26. The summed E-state index contributed by atoms with van der Waals surface area (Å²) in [5.74, 6) is 0.451. The number of piperazine rings is 1. The molecule has 1 N–H and O–H groups in total. The number of ether oxygens (including phenoxy) is 1. The standard InChI is InChI=1S/C13H15N3O3/c1-19-10-4-2-3-9(7-10)16-12(17)11-8-14-5-6-15(11)13(16)18/h2-4,7,11,14H,5-6,8H2,1H3. The van der Waals surface area contributed by atoms with Crippen LogP contribution in [0.5, 0.6) is 5.75 Å². The molecule has 3 rings (SSSR count).